The largest absolute Gasteiger partial charge is 0.453 e. The summed E-state index contributed by atoms with van der Waals surface area (Å²) in [7, 11) is 1.25. The van der Waals surface area contributed by atoms with Crippen molar-refractivity contribution in [2.75, 3.05) is 26.0 Å². The Morgan fingerprint density at radius 1 is 1.06 bits per heavy atom. The number of carbonyl (C=O) groups excluding carboxylic acids is 4. The first-order chi connectivity index (χ1) is 24.7. The molecule has 5 rings (SSSR count). The molecule has 3 heterocycles. The van der Waals surface area contributed by atoms with Crippen LogP contribution >= 0.6 is 11.8 Å². The van der Waals surface area contributed by atoms with Crippen molar-refractivity contribution in [1.82, 2.24) is 26.4 Å². The van der Waals surface area contributed by atoms with E-state index in [0.717, 1.165) is 23.1 Å². The predicted molar refractivity (Wildman–Crippen MR) is 205 cm³/mol. The van der Waals surface area contributed by atoms with Gasteiger partial charge in [0.15, 0.2) is 0 Å². The Bertz CT molecular complexity index is 1530. The summed E-state index contributed by atoms with van der Waals surface area (Å²) in [5.41, 5.74) is 4.66. The zero-order valence-electron chi connectivity index (χ0n) is 31.5. The number of hydrogen-bond donors (Lipinski definition) is 5. The quantitative estimate of drug-likeness (QED) is 0.160. The van der Waals surface area contributed by atoms with Crippen molar-refractivity contribution in [3.8, 4) is 0 Å². The van der Waals surface area contributed by atoms with E-state index in [9.17, 15) is 24.3 Å². The highest BCUT2D eigenvalue weighted by Gasteiger charge is 2.39. The highest BCUT2D eigenvalue weighted by atomic mass is 32.2. The molecule has 4 amide bonds. The Balaban J connectivity index is 1.57. The van der Waals surface area contributed by atoms with Crippen LogP contribution in [0.5, 0.6) is 0 Å². The van der Waals surface area contributed by atoms with Gasteiger partial charge in [0.25, 0.3) is 11.8 Å². The first kappa shape index (κ1) is 40.9. The number of hydrazine groups is 1. The number of fused-ring (bicyclic) bond motifs is 11. The Hall–Kier alpha value is -3.87. The van der Waals surface area contributed by atoms with Crippen LogP contribution in [-0.2, 0) is 38.5 Å². The molecule has 3 aliphatic heterocycles. The van der Waals surface area contributed by atoms with Gasteiger partial charge in [0, 0.05) is 31.3 Å². The third kappa shape index (κ3) is 11.8. The minimum absolute atomic E-state index is 0.0452. The van der Waals surface area contributed by atoms with E-state index in [2.05, 4.69) is 45.6 Å². The van der Waals surface area contributed by atoms with Crippen LogP contribution in [0.15, 0.2) is 60.7 Å². The van der Waals surface area contributed by atoms with Gasteiger partial charge in [0.05, 0.1) is 7.11 Å². The molecule has 0 spiro atoms. The number of alkyl carbamates (subject to hydrolysis) is 1. The number of allylic oxidation sites excluding steroid dienone is 1. The number of hydrogen-bond acceptors (Lipinski definition) is 8. The van der Waals surface area contributed by atoms with Crippen molar-refractivity contribution in [1.29, 1.82) is 0 Å². The molecule has 1 fully saturated rings. The number of ether oxygens (including phenoxy) is 1. The summed E-state index contributed by atoms with van der Waals surface area (Å²) >= 11 is 1.97. The number of nitrogens with zero attached hydrogens (tertiary/aromatic N) is 1. The number of carbonyl (C=O) groups is 4. The van der Waals surface area contributed by atoms with Gasteiger partial charge in [-0.1, -0.05) is 95.3 Å². The molecule has 1 saturated heterocycles. The molecule has 0 radical (unpaired) electrons. The van der Waals surface area contributed by atoms with Crippen LogP contribution in [0.25, 0.3) is 0 Å². The number of nitrogens with one attached hydrogen (secondary N) is 4. The summed E-state index contributed by atoms with van der Waals surface area (Å²) in [6.45, 7) is 10.2. The molecule has 11 nitrogen and oxygen atoms in total. The number of benzene rings is 2. The molecule has 3 aliphatic rings. The first-order valence-electron chi connectivity index (χ1n) is 18.3. The average Bonchev–Trinajstić information content (AvgIpc) is 3.64. The number of aliphatic hydroxyl groups is 1. The van der Waals surface area contributed by atoms with Gasteiger partial charge < -0.3 is 25.8 Å². The molecule has 52 heavy (non-hydrogen) atoms. The molecule has 284 valence electrons. The van der Waals surface area contributed by atoms with Crippen LogP contribution in [0.3, 0.4) is 0 Å². The summed E-state index contributed by atoms with van der Waals surface area (Å²) < 4.78 is 4.80. The maximum Gasteiger partial charge on any atom is 0.407 e. The molecular weight excluding hydrogens is 679 g/mol. The molecular formula is C40H57N5O6S. The maximum absolute atomic E-state index is 14.0. The smallest absolute Gasteiger partial charge is 0.407 e. The Labute approximate surface area is 313 Å². The molecule has 0 aromatic heterocycles. The lowest BCUT2D eigenvalue weighted by Gasteiger charge is -2.34. The zero-order valence-corrected chi connectivity index (χ0v) is 32.3. The second-order valence-electron chi connectivity index (χ2n) is 15.3. The van der Waals surface area contributed by atoms with Crippen LogP contribution in [0.4, 0.5) is 4.79 Å². The summed E-state index contributed by atoms with van der Waals surface area (Å²) in [6, 6.07) is 14.5. The average molecular weight is 736 g/mol. The van der Waals surface area contributed by atoms with Crippen LogP contribution in [0.2, 0.25) is 0 Å². The second kappa shape index (κ2) is 18.8. The number of methoxy groups -OCH3 is 1. The van der Waals surface area contributed by atoms with Crippen molar-refractivity contribution >= 4 is 35.6 Å². The number of amides is 4. The van der Waals surface area contributed by atoms with E-state index < -0.39 is 41.0 Å². The lowest BCUT2D eigenvalue weighted by molar-refractivity contribution is -0.144. The monoisotopic (exact) mass is 735 g/mol. The molecule has 2 aromatic carbocycles. The number of rotatable bonds is 11. The van der Waals surface area contributed by atoms with Crippen molar-refractivity contribution in [3.63, 3.8) is 0 Å². The van der Waals surface area contributed by atoms with E-state index in [4.69, 9.17) is 4.74 Å². The molecule has 5 N–H and O–H groups in total. The van der Waals surface area contributed by atoms with Gasteiger partial charge in [-0.15, -0.1) is 0 Å². The minimum Gasteiger partial charge on any atom is -0.453 e. The topological polar surface area (TPSA) is 149 Å². The molecule has 0 aliphatic carbocycles. The van der Waals surface area contributed by atoms with Crippen LogP contribution in [0.1, 0.15) is 87.8 Å². The van der Waals surface area contributed by atoms with Gasteiger partial charge in [0.1, 0.15) is 17.7 Å². The molecule has 0 unspecified atom stereocenters. The highest BCUT2D eigenvalue weighted by molar-refractivity contribution is 7.99. The fourth-order valence-corrected chi connectivity index (χ4v) is 7.80. The van der Waals surface area contributed by atoms with Crippen LogP contribution in [-0.4, -0.2) is 77.6 Å². The van der Waals surface area contributed by atoms with Gasteiger partial charge in [0.2, 0.25) is 5.91 Å². The Morgan fingerprint density at radius 3 is 2.37 bits per heavy atom. The van der Waals surface area contributed by atoms with Gasteiger partial charge in [-0.3, -0.25) is 19.8 Å². The van der Waals surface area contributed by atoms with Crippen LogP contribution < -0.4 is 21.4 Å². The highest BCUT2D eigenvalue weighted by Crippen LogP contribution is 2.39. The molecule has 0 saturated carbocycles. The first-order valence-corrected chi connectivity index (χ1v) is 19.4. The SMILES string of the molecule is COC(=O)N[C@H](C(=O)NN(CCC[C@@]1(O)Cc2ccc(cc2)C/C=C\CNC(=O)[C@H](C(C)C)NC1=O)Cc1ccc([C@H]2CCCS2)cc1)C(C)(C)C. The summed E-state index contributed by atoms with van der Waals surface area (Å²) in [6.07, 6.45) is 6.67. The predicted octanol–water partition coefficient (Wildman–Crippen LogP) is 4.98. The third-order valence-corrected chi connectivity index (χ3v) is 11.0. The van der Waals surface area contributed by atoms with Gasteiger partial charge in [-0.25, -0.2) is 9.80 Å². The van der Waals surface area contributed by atoms with Crippen molar-refractivity contribution < 1.29 is 29.0 Å². The van der Waals surface area contributed by atoms with Crippen molar-refractivity contribution in [2.45, 2.75) is 103 Å². The minimum atomic E-state index is -1.84. The maximum atomic E-state index is 14.0. The second-order valence-corrected chi connectivity index (χ2v) is 16.6. The van der Waals surface area contributed by atoms with E-state index in [1.54, 1.807) is 5.01 Å². The van der Waals surface area contributed by atoms with E-state index in [-0.39, 0.29) is 31.2 Å². The molecule has 4 atom stereocenters. The standard InChI is InChI=1S/C40H57N5O6S/c1-27(2)33-35(46)41-22-8-7-11-28-13-15-29(16-14-28)25-40(50,37(48)42-33)21-10-23-45(44-36(47)34(39(3,4)5)43-38(49)51-6)26-30-17-19-31(20-18-30)32-12-9-24-52-32/h7-8,13-20,27,32-34,50H,9-12,21-26H2,1-6H3,(H,41,46)(H,42,48)(H,43,49)(H,44,47)/b8-7-/t32-,33+,34-,40-/m1/s1. The van der Waals surface area contributed by atoms with E-state index in [1.807, 2.05) is 82.8 Å². The lowest BCUT2D eigenvalue weighted by atomic mass is 9.86. The van der Waals surface area contributed by atoms with Gasteiger partial charge in [-0.2, -0.15) is 11.8 Å². The third-order valence-electron chi connectivity index (χ3n) is 9.61. The van der Waals surface area contributed by atoms with Gasteiger partial charge in [-0.05, 0) is 71.4 Å². The normalized spacial score (nSPS) is 22.6. The van der Waals surface area contributed by atoms with E-state index in [1.165, 1.54) is 24.8 Å². The fourth-order valence-electron chi connectivity index (χ4n) is 6.50. The molecule has 12 heteroatoms. The van der Waals surface area contributed by atoms with Crippen molar-refractivity contribution in [3.05, 3.63) is 82.9 Å². The summed E-state index contributed by atoms with van der Waals surface area (Å²) in [5, 5.41) is 22.8. The summed E-state index contributed by atoms with van der Waals surface area (Å²) in [4.78, 5) is 53.0. The molecule has 2 aromatic rings. The van der Waals surface area contributed by atoms with Gasteiger partial charge >= 0.3 is 6.09 Å². The van der Waals surface area contributed by atoms with E-state index >= 15 is 0 Å². The fraction of sp³-hybridized carbons (Fsp3) is 0.550. The Kier molecular flexibility index (Phi) is 14.7. The summed E-state index contributed by atoms with van der Waals surface area (Å²) in [5.74, 6) is -0.403. The molecule has 2 bridgehead atoms. The van der Waals surface area contributed by atoms with Crippen molar-refractivity contribution in [2.24, 2.45) is 11.3 Å². The van der Waals surface area contributed by atoms with E-state index in [0.29, 0.717) is 31.2 Å². The van der Waals surface area contributed by atoms with Crippen LogP contribution in [0, 0.1) is 11.3 Å². The lowest BCUT2D eigenvalue weighted by Crippen LogP contribution is -2.58. The zero-order chi connectivity index (χ0) is 37.9. The number of thioether (sulfide) groups is 1. The Morgan fingerprint density at radius 2 is 1.75 bits per heavy atom.